The number of anilines is 1. The molecule has 0 aromatic heterocycles. The highest BCUT2D eigenvalue weighted by molar-refractivity contribution is 5.92. The Kier molecular flexibility index (Phi) is 10.6. The Hall–Kier alpha value is -2.69. The van der Waals surface area contributed by atoms with Crippen molar-refractivity contribution in [2.24, 2.45) is 0 Å². The molecule has 0 heterocycles. The van der Waals surface area contributed by atoms with E-state index >= 15 is 0 Å². The Bertz CT molecular complexity index is 775. The topological polar surface area (TPSA) is 56.8 Å². The number of amides is 1. The average molecular weight is 414 g/mol. The van der Waals surface area contributed by atoms with Crippen LogP contribution in [0.25, 0.3) is 0 Å². The highest BCUT2D eigenvalue weighted by atomic mass is 16.5. The van der Waals surface area contributed by atoms with Gasteiger partial charge in [0.1, 0.15) is 5.75 Å². The number of nitrogens with one attached hydrogen (secondary N) is 1. The van der Waals surface area contributed by atoms with E-state index in [1.807, 2.05) is 49.4 Å². The van der Waals surface area contributed by atoms with Crippen molar-refractivity contribution < 1.29 is 19.0 Å². The largest absolute Gasteiger partial charge is 0.491 e. The zero-order valence-corrected chi connectivity index (χ0v) is 18.5. The zero-order valence-electron chi connectivity index (χ0n) is 18.5. The lowest BCUT2D eigenvalue weighted by molar-refractivity contribution is -0.116. The van der Waals surface area contributed by atoms with E-state index in [1.165, 1.54) is 0 Å². The van der Waals surface area contributed by atoms with Crippen molar-refractivity contribution in [3.63, 3.8) is 0 Å². The molecule has 0 aliphatic heterocycles. The van der Waals surface area contributed by atoms with Crippen LogP contribution in [-0.2, 0) is 11.2 Å². The van der Waals surface area contributed by atoms with Gasteiger partial charge in [0.2, 0.25) is 5.91 Å². The molecule has 30 heavy (non-hydrogen) atoms. The number of ether oxygens (including phenoxy) is 3. The van der Waals surface area contributed by atoms with E-state index in [2.05, 4.69) is 19.2 Å². The summed E-state index contributed by atoms with van der Waals surface area (Å²) in [6, 6.07) is 13.5. The lowest BCUT2D eigenvalue weighted by Crippen LogP contribution is -2.13. The number of carbonyl (C=O) groups excluding carboxylic acids is 1. The van der Waals surface area contributed by atoms with E-state index < -0.39 is 0 Å². The molecule has 0 fully saturated rings. The van der Waals surface area contributed by atoms with Gasteiger partial charge in [-0.1, -0.05) is 44.9 Å². The van der Waals surface area contributed by atoms with Gasteiger partial charge in [-0.05, 0) is 56.0 Å². The second-order valence-corrected chi connectivity index (χ2v) is 7.16. The third-order valence-electron chi connectivity index (χ3n) is 4.62. The quantitative estimate of drug-likeness (QED) is 0.385. The molecule has 2 aromatic rings. The lowest BCUT2D eigenvalue weighted by Gasteiger charge is -2.14. The van der Waals surface area contributed by atoms with Gasteiger partial charge < -0.3 is 19.5 Å². The number of unbranched alkanes of at least 4 members (excludes halogenated alkanes) is 2. The number of rotatable bonds is 14. The van der Waals surface area contributed by atoms with Crippen molar-refractivity contribution in [3.8, 4) is 17.2 Å². The third-order valence-corrected chi connectivity index (χ3v) is 4.62. The molecule has 1 N–H and O–H groups in total. The monoisotopic (exact) mass is 413 g/mol. The van der Waals surface area contributed by atoms with Crippen molar-refractivity contribution >= 4 is 11.6 Å². The summed E-state index contributed by atoms with van der Waals surface area (Å²) in [5.74, 6) is 2.17. The van der Waals surface area contributed by atoms with Crippen LogP contribution in [0.2, 0.25) is 0 Å². The molecule has 5 heteroatoms. The summed E-state index contributed by atoms with van der Waals surface area (Å²) in [6.07, 6.45) is 5.16. The highest BCUT2D eigenvalue weighted by Gasteiger charge is 2.10. The summed E-state index contributed by atoms with van der Waals surface area (Å²) in [5, 5.41) is 2.97. The number of para-hydroxylation sites is 2. The van der Waals surface area contributed by atoms with Gasteiger partial charge in [-0.15, -0.1) is 0 Å². The molecule has 164 valence electrons. The first-order valence-corrected chi connectivity index (χ1v) is 11.1. The fourth-order valence-corrected chi connectivity index (χ4v) is 2.91. The first kappa shape index (κ1) is 23.6. The smallest absolute Gasteiger partial charge is 0.224 e. The number of carbonyl (C=O) groups is 1. The summed E-state index contributed by atoms with van der Waals surface area (Å²) >= 11 is 0. The van der Waals surface area contributed by atoms with Crippen LogP contribution in [0.3, 0.4) is 0 Å². The Morgan fingerprint density at radius 1 is 0.833 bits per heavy atom. The second kappa shape index (κ2) is 13.5. The minimum atomic E-state index is -0.0391. The van der Waals surface area contributed by atoms with Crippen molar-refractivity contribution in [1.82, 2.24) is 0 Å². The Morgan fingerprint density at radius 2 is 1.53 bits per heavy atom. The van der Waals surface area contributed by atoms with Gasteiger partial charge in [-0.25, -0.2) is 0 Å². The molecule has 1 amide bonds. The minimum Gasteiger partial charge on any atom is -0.491 e. The molecule has 0 aliphatic rings. The first-order chi connectivity index (χ1) is 14.7. The molecule has 0 saturated carbocycles. The molecule has 0 bridgehead atoms. The molecule has 0 radical (unpaired) electrons. The fourth-order valence-electron chi connectivity index (χ4n) is 2.91. The first-order valence-electron chi connectivity index (χ1n) is 11.1. The normalized spacial score (nSPS) is 10.5. The van der Waals surface area contributed by atoms with Gasteiger partial charge in [-0.3, -0.25) is 4.79 Å². The molecule has 2 rings (SSSR count). The Labute approximate surface area is 180 Å². The summed E-state index contributed by atoms with van der Waals surface area (Å²) in [4.78, 5) is 12.5. The number of hydrogen-bond acceptors (Lipinski definition) is 4. The maximum absolute atomic E-state index is 12.5. The molecule has 5 nitrogen and oxygen atoms in total. The van der Waals surface area contributed by atoms with Crippen molar-refractivity contribution in [2.75, 3.05) is 25.1 Å². The van der Waals surface area contributed by atoms with E-state index in [4.69, 9.17) is 14.2 Å². The molecule has 0 spiro atoms. The molecule has 0 atom stereocenters. The van der Waals surface area contributed by atoms with Crippen molar-refractivity contribution in [1.29, 1.82) is 0 Å². The predicted octanol–water partition coefficient (Wildman–Crippen LogP) is 6.01. The molecular formula is C25H35NO4. The number of benzene rings is 2. The van der Waals surface area contributed by atoms with Crippen LogP contribution in [0, 0.1) is 0 Å². The van der Waals surface area contributed by atoms with E-state index in [0.717, 1.165) is 42.7 Å². The van der Waals surface area contributed by atoms with Crippen LogP contribution in [0.15, 0.2) is 42.5 Å². The number of aryl methyl sites for hydroxylation is 1. The van der Waals surface area contributed by atoms with Gasteiger partial charge in [0, 0.05) is 6.42 Å². The summed E-state index contributed by atoms with van der Waals surface area (Å²) in [5.41, 5.74) is 1.76. The highest BCUT2D eigenvalue weighted by Crippen LogP contribution is 2.29. The Balaban J connectivity index is 1.93. The molecule has 0 aliphatic carbocycles. The SMILES string of the molecule is CCCCOc1ccccc1NC(=O)CCc1ccc(OCCCC)c(OCC)c1. The van der Waals surface area contributed by atoms with Crippen molar-refractivity contribution in [2.45, 2.75) is 59.3 Å². The van der Waals surface area contributed by atoms with Gasteiger partial charge in [0.25, 0.3) is 0 Å². The molecule has 2 aromatic carbocycles. The van der Waals surface area contributed by atoms with Gasteiger partial charge >= 0.3 is 0 Å². The van der Waals surface area contributed by atoms with Gasteiger partial charge in [0.05, 0.1) is 25.5 Å². The predicted molar refractivity (Wildman–Crippen MR) is 122 cm³/mol. The minimum absolute atomic E-state index is 0.0391. The van der Waals surface area contributed by atoms with Gasteiger partial charge in [-0.2, -0.15) is 0 Å². The van der Waals surface area contributed by atoms with E-state index in [-0.39, 0.29) is 5.91 Å². The van der Waals surface area contributed by atoms with Crippen LogP contribution >= 0.6 is 0 Å². The fraction of sp³-hybridized carbons (Fsp3) is 0.480. The zero-order chi connectivity index (χ0) is 21.6. The molecular weight excluding hydrogens is 378 g/mol. The number of hydrogen-bond donors (Lipinski definition) is 1. The van der Waals surface area contributed by atoms with Crippen LogP contribution in [0.4, 0.5) is 5.69 Å². The Morgan fingerprint density at radius 3 is 2.23 bits per heavy atom. The van der Waals surface area contributed by atoms with E-state index in [9.17, 15) is 4.79 Å². The summed E-state index contributed by atoms with van der Waals surface area (Å²) in [6.45, 7) is 8.11. The molecule has 0 unspecified atom stereocenters. The second-order valence-electron chi connectivity index (χ2n) is 7.16. The summed E-state index contributed by atoms with van der Waals surface area (Å²) < 4.78 is 17.3. The molecule has 0 saturated heterocycles. The van der Waals surface area contributed by atoms with E-state index in [1.54, 1.807) is 0 Å². The van der Waals surface area contributed by atoms with Gasteiger partial charge in [0.15, 0.2) is 11.5 Å². The standard InChI is InChI=1S/C25H35NO4/c1-4-7-17-29-22-12-10-9-11-21(22)26-25(27)16-14-20-13-15-23(30-18-8-5-2)24(19-20)28-6-3/h9-13,15,19H,4-8,14,16-18H2,1-3H3,(H,26,27). The van der Waals surface area contributed by atoms with Crippen LogP contribution in [0.5, 0.6) is 17.2 Å². The third kappa shape index (κ3) is 7.97. The van der Waals surface area contributed by atoms with Crippen molar-refractivity contribution in [3.05, 3.63) is 48.0 Å². The van der Waals surface area contributed by atoms with Crippen LogP contribution < -0.4 is 19.5 Å². The maximum atomic E-state index is 12.5. The van der Waals surface area contributed by atoms with E-state index in [0.29, 0.717) is 44.1 Å². The summed E-state index contributed by atoms with van der Waals surface area (Å²) in [7, 11) is 0. The average Bonchev–Trinajstić information content (AvgIpc) is 2.75. The maximum Gasteiger partial charge on any atom is 0.224 e. The lowest BCUT2D eigenvalue weighted by atomic mass is 10.1. The van der Waals surface area contributed by atoms with Crippen LogP contribution in [-0.4, -0.2) is 25.7 Å². The van der Waals surface area contributed by atoms with Crippen LogP contribution in [0.1, 0.15) is 58.4 Å².